The average molecular weight is 272 g/mol. The Labute approximate surface area is 112 Å². The third kappa shape index (κ3) is 2.71. The number of aliphatic hydroxyl groups is 1. The molecule has 0 spiro atoms. The van der Waals surface area contributed by atoms with E-state index in [1.807, 2.05) is 0 Å². The first-order valence-corrected chi connectivity index (χ1v) is 6.44. The van der Waals surface area contributed by atoms with Crippen LogP contribution in [0, 0.1) is 0 Å². The van der Waals surface area contributed by atoms with Gasteiger partial charge in [-0.25, -0.2) is 0 Å². The second kappa shape index (κ2) is 5.78. The molecule has 2 atom stereocenters. The number of hydrogen-bond donors (Lipinski definition) is 2. The Morgan fingerprint density at radius 1 is 1.44 bits per heavy atom. The third-order valence-corrected chi connectivity index (χ3v) is 3.44. The maximum atomic E-state index is 9.81. The predicted octanol–water partition coefficient (Wildman–Crippen LogP) is 2.10. The largest absolute Gasteiger partial charge is 0.493 e. The van der Waals surface area contributed by atoms with Crippen molar-refractivity contribution in [1.82, 2.24) is 0 Å². The summed E-state index contributed by atoms with van der Waals surface area (Å²) < 4.78 is 11.1. The van der Waals surface area contributed by atoms with Gasteiger partial charge in [-0.15, -0.1) is 0 Å². The van der Waals surface area contributed by atoms with Crippen molar-refractivity contribution in [3.8, 4) is 11.5 Å². The summed E-state index contributed by atoms with van der Waals surface area (Å²) >= 11 is 5.98. The van der Waals surface area contributed by atoms with Crippen molar-refractivity contribution < 1.29 is 14.6 Å². The zero-order valence-electron chi connectivity index (χ0n) is 10.4. The molecule has 1 aliphatic rings. The molecule has 1 saturated carbocycles. The molecule has 1 aromatic rings. The number of rotatable bonds is 4. The van der Waals surface area contributed by atoms with Crippen LogP contribution in [0.15, 0.2) is 12.1 Å². The highest BCUT2D eigenvalue weighted by Crippen LogP contribution is 2.37. The van der Waals surface area contributed by atoms with E-state index in [9.17, 15) is 5.11 Å². The Kier molecular flexibility index (Phi) is 4.32. The Balaban J connectivity index is 2.29. The van der Waals surface area contributed by atoms with Crippen LogP contribution in [0.3, 0.4) is 0 Å². The smallest absolute Gasteiger partial charge is 0.166 e. The van der Waals surface area contributed by atoms with Crippen LogP contribution in [0.5, 0.6) is 11.5 Å². The van der Waals surface area contributed by atoms with E-state index < -0.39 is 6.10 Å². The topological polar surface area (TPSA) is 64.7 Å². The van der Waals surface area contributed by atoms with E-state index in [0.29, 0.717) is 23.1 Å². The SMILES string of the molecule is COc1cc(Cl)cc(CN)c1OC1CCCC1O. The first kappa shape index (κ1) is 13.5. The first-order chi connectivity index (χ1) is 8.65. The van der Waals surface area contributed by atoms with Crippen LogP contribution >= 0.6 is 11.6 Å². The van der Waals surface area contributed by atoms with Gasteiger partial charge in [0.1, 0.15) is 6.10 Å². The summed E-state index contributed by atoms with van der Waals surface area (Å²) in [5.74, 6) is 1.15. The van der Waals surface area contributed by atoms with Crippen LogP contribution in [0.1, 0.15) is 24.8 Å². The van der Waals surface area contributed by atoms with Crippen molar-refractivity contribution >= 4 is 11.6 Å². The van der Waals surface area contributed by atoms with E-state index in [0.717, 1.165) is 24.8 Å². The van der Waals surface area contributed by atoms with Crippen LogP contribution in [0.2, 0.25) is 5.02 Å². The van der Waals surface area contributed by atoms with E-state index in [-0.39, 0.29) is 6.10 Å². The van der Waals surface area contributed by atoms with E-state index in [4.69, 9.17) is 26.8 Å². The number of methoxy groups -OCH3 is 1. The van der Waals surface area contributed by atoms with Gasteiger partial charge in [-0.2, -0.15) is 0 Å². The van der Waals surface area contributed by atoms with Crippen molar-refractivity contribution in [3.63, 3.8) is 0 Å². The van der Waals surface area contributed by atoms with Crippen LogP contribution in [0.25, 0.3) is 0 Å². The summed E-state index contributed by atoms with van der Waals surface area (Å²) in [4.78, 5) is 0. The lowest BCUT2D eigenvalue weighted by molar-refractivity contribution is 0.0580. The Hall–Kier alpha value is -0.970. The molecule has 4 nitrogen and oxygen atoms in total. The van der Waals surface area contributed by atoms with Gasteiger partial charge in [0.15, 0.2) is 11.5 Å². The molecule has 0 aromatic heterocycles. The highest BCUT2D eigenvalue weighted by atomic mass is 35.5. The molecule has 1 fully saturated rings. The number of halogens is 1. The van der Waals surface area contributed by atoms with Crippen molar-refractivity contribution in [2.24, 2.45) is 5.73 Å². The zero-order valence-corrected chi connectivity index (χ0v) is 11.1. The summed E-state index contributed by atoms with van der Waals surface area (Å²) in [5.41, 5.74) is 6.49. The van der Waals surface area contributed by atoms with Crippen LogP contribution in [0.4, 0.5) is 0 Å². The quantitative estimate of drug-likeness (QED) is 0.880. The second-order valence-corrected chi connectivity index (χ2v) is 4.89. The molecule has 3 N–H and O–H groups in total. The fraction of sp³-hybridized carbons (Fsp3) is 0.538. The molecule has 1 aromatic carbocycles. The summed E-state index contributed by atoms with van der Waals surface area (Å²) in [7, 11) is 1.56. The molecule has 0 radical (unpaired) electrons. The molecule has 18 heavy (non-hydrogen) atoms. The summed E-state index contributed by atoms with van der Waals surface area (Å²) in [6.07, 6.45) is 1.98. The van der Waals surface area contributed by atoms with Gasteiger partial charge in [0, 0.05) is 23.2 Å². The van der Waals surface area contributed by atoms with Gasteiger partial charge in [0.2, 0.25) is 0 Å². The summed E-state index contributed by atoms with van der Waals surface area (Å²) in [6.45, 7) is 0.315. The molecule has 0 amide bonds. The number of benzene rings is 1. The third-order valence-electron chi connectivity index (χ3n) is 3.22. The minimum absolute atomic E-state index is 0.189. The fourth-order valence-electron chi connectivity index (χ4n) is 2.25. The summed E-state index contributed by atoms with van der Waals surface area (Å²) in [5, 5.41) is 10.4. The van der Waals surface area contributed by atoms with Crippen molar-refractivity contribution in [2.45, 2.75) is 38.0 Å². The first-order valence-electron chi connectivity index (χ1n) is 6.07. The van der Waals surface area contributed by atoms with E-state index >= 15 is 0 Å². The maximum absolute atomic E-state index is 9.81. The molecule has 0 saturated heterocycles. The van der Waals surface area contributed by atoms with Gasteiger partial charge in [-0.3, -0.25) is 0 Å². The maximum Gasteiger partial charge on any atom is 0.166 e. The zero-order chi connectivity index (χ0) is 13.1. The molecule has 0 aliphatic heterocycles. The lowest BCUT2D eigenvalue weighted by Gasteiger charge is -2.21. The predicted molar refractivity (Wildman–Crippen MR) is 70.2 cm³/mol. The molecule has 5 heteroatoms. The molecule has 2 unspecified atom stereocenters. The van der Waals surface area contributed by atoms with Crippen molar-refractivity contribution in [3.05, 3.63) is 22.7 Å². The number of hydrogen-bond acceptors (Lipinski definition) is 4. The van der Waals surface area contributed by atoms with Gasteiger partial charge in [0.05, 0.1) is 13.2 Å². The minimum Gasteiger partial charge on any atom is -0.493 e. The van der Waals surface area contributed by atoms with Gasteiger partial charge >= 0.3 is 0 Å². The fourth-order valence-corrected chi connectivity index (χ4v) is 2.49. The number of nitrogens with two attached hydrogens (primary N) is 1. The van der Waals surface area contributed by atoms with Gasteiger partial charge in [-0.1, -0.05) is 11.6 Å². The molecular weight excluding hydrogens is 254 g/mol. The summed E-state index contributed by atoms with van der Waals surface area (Å²) in [6, 6.07) is 3.46. The molecule has 1 aliphatic carbocycles. The lowest BCUT2D eigenvalue weighted by Crippen LogP contribution is -2.26. The van der Waals surface area contributed by atoms with E-state index in [2.05, 4.69) is 0 Å². The highest BCUT2D eigenvalue weighted by Gasteiger charge is 2.28. The molecular formula is C13H18ClNO3. The Morgan fingerprint density at radius 3 is 2.78 bits per heavy atom. The Bertz CT molecular complexity index is 400. The number of ether oxygens (including phenoxy) is 2. The molecule has 0 bridgehead atoms. The highest BCUT2D eigenvalue weighted by molar-refractivity contribution is 6.30. The molecule has 0 heterocycles. The van der Waals surface area contributed by atoms with Crippen molar-refractivity contribution in [2.75, 3.05) is 7.11 Å². The van der Waals surface area contributed by atoms with Gasteiger partial charge < -0.3 is 20.3 Å². The van der Waals surface area contributed by atoms with Crippen LogP contribution < -0.4 is 15.2 Å². The second-order valence-electron chi connectivity index (χ2n) is 4.45. The van der Waals surface area contributed by atoms with Crippen LogP contribution in [-0.4, -0.2) is 24.4 Å². The molecule has 100 valence electrons. The van der Waals surface area contributed by atoms with Gasteiger partial charge in [0.25, 0.3) is 0 Å². The minimum atomic E-state index is -0.420. The van der Waals surface area contributed by atoms with Crippen molar-refractivity contribution in [1.29, 1.82) is 0 Å². The Morgan fingerprint density at radius 2 is 2.22 bits per heavy atom. The van der Waals surface area contributed by atoms with E-state index in [1.54, 1.807) is 19.2 Å². The number of aliphatic hydroxyl groups excluding tert-OH is 1. The monoisotopic (exact) mass is 271 g/mol. The molecule has 2 rings (SSSR count). The average Bonchev–Trinajstić information content (AvgIpc) is 2.76. The van der Waals surface area contributed by atoms with Crippen LogP contribution in [-0.2, 0) is 6.54 Å². The normalized spacial score (nSPS) is 23.1. The van der Waals surface area contributed by atoms with E-state index in [1.165, 1.54) is 0 Å². The standard InChI is InChI=1S/C13H18ClNO3/c1-17-12-6-9(14)5-8(7-15)13(12)18-11-4-2-3-10(11)16/h5-6,10-11,16H,2-4,7,15H2,1H3. The lowest BCUT2D eigenvalue weighted by atomic mass is 10.1. The van der Waals surface area contributed by atoms with Gasteiger partial charge in [-0.05, 0) is 25.3 Å².